The van der Waals surface area contributed by atoms with E-state index in [1.165, 1.54) is 5.32 Å². The molecule has 0 aliphatic heterocycles. The predicted molar refractivity (Wildman–Crippen MR) is 61.2 cm³/mol. The van der Waals surface area contributed by atoms with E-state index in [-0.39, 0.29) is 0 Å². The van der Waals surface area contributed by atoms with Crippen molar-refractivity contribution in [2.24, 2.45) is 0 Å². The van der Waals surface area contributed by atoms with Gasteiger partial charge < -0.3 is 10.4 Å². The second-order valence-corrected chi connectivity index (χ2v) is 5.72. The highest BCUT2D eigenvalue weighted by atomic mass is 32.2. The molecule has 1 aromatic carbocycles. The van der Waals surface area contributed by atoms with Crippen molar-refractivity contribution < 1.29 is 36.3 Å². The van der Waals surface area contributed by atoms with E-state index in [9.17, 15) is 31.2 Å². The van der Waals surface area contributed by atoms with Crippen molar-refractivity contribution in [3.63, 3.8) is 0 Å². The largest absolute Gasteiger partial charge is 0.478 e. The second-order valence-electron chi connectivity index (χ2n) is 3.74. The van der Waals surface area contributed by atoms with Crippen molar-refractivity contribution in [2.75, 3.05) is 11.6 Å². The molecule has 0 aliphatic rings. The van der Waals surface area contributed by atoms with Crippen LogP contribution in [-0.4, -0.2) is 37.8 Å². The van der Waals surface area contributed by atoms with Crippen LogP contribution in [0.5, 0.6) is 0 Å². The van der Waals surface area contributed by atoms with Gasteiger partial charge in [-0.2, -0.15) is 13.2 Å². The molecule has 0 heterocycles. The van der Waals surface area contributed by atoms with Crippen molar-refractivity contribution >= 4 is 27.4 Å². The molecule has 2 N–H and O–H groups in total. The van der Waals surface area contributed by atoms with Crippen LogP contribution >= 0.6 is 0 Å². The number of sulfone groups is 1. The number of carbonyl (C=O) groups excluding carboxylic acids is 1. The number of benzene rings is 1. The molecule has 0 spiro atoms. The molecule has 1 rings (SSSR count). The fourth-order valence-corrected chi connectivity index (χ4v) is 2.16. The van der Waals surface area contributed by atoms with Crippen LogP contribution < -0.4 is 5.32 Å². The Hall–Kier alpha value is -2.10. The molecule has 0 saturated heterocycles. The number of anilines is 1. The van der Waals surface area contributed by atoms with Crippen LogP contribution in [0.2, 0.25) is 0 Å². The third kappa shape index (κ3) is 3.70. The molecule has 0 radical (unpaired) electrons. The maximum atomic E-state index is 12.0. The first-order chi connectivity index (χ1) is 8.93. The number of carboxylic acids is 1. The number of rotatable bonds is 3. The molecular formula is C10H8F3NO5S. The van der Waals surface area contributed by atoms with E-state index in [1.54, 1.807) is 0 Å². The quantitative estimate of drug-likeness (QED) is 0.876. The van der Waals surface area contributed by atoms with Crippen molar-refractivity contribution in [3.05, 3.63) is 23.8 Å². The van der Waals surface area contributed by atoms with E-state index >= 15 is 0 Å². The highest BCUT2D eigenvalue weighted by molar-refractivity contribution is 7.90. The summed E-state index contributed by atoms with van der Waals surface area (Å²) in [7, 11) is -3.87. The summed E-state index contributed by atoms with van der Waals surface area (Å²) in [5, 5.41) is 10.3. The van der Waals surface area contributed by atoms with Gasteiger partial charge in [-0.05, 0) is 18.2 Å². The number of amides is 1. The second kappa shape index (κ2) is 5.12. The summed E-state index contributed by atoms with van der Waals surface area (Å²) in [6.45, 7) is 0. The van der Waals surface area contributed by atoms with Gasteiger partial charge in [-0.3, -0.25) is 4.79 Å². The number of aromatic carboxylic acids is 1. The zero-order chi connectivity index (χ0) is 15.7. The summed E-state index contributed by atoms with van der Waals surface area (Å²) >= 11 is 0. The van der Waals surface area contributed by atoms with Crippen LogP contribution in [0.1, 0.15) is 10.4 Å². The van der Waals surface area contributed by atoms with E-state index in [0.29, 0.717) is 6.07 Å². The molecule has 0 unspecified atom stereocenters. The topological polar surface area (TPSA) is 101 Å². The van der Waals surface area contributed by atoms with Gasteiger partial charge in [-0.1, -0.05) is 0 Å². The molecule has 110 valence electrons. The van der Waals surface area contributed by atoms with Crippen LogP contribution in [0.15, 0.2) is 23.1 Å². The molecule has 0 aliphatic carbocycles. The van der Waals surface area contributed by atoms with Crippen molar-refractivity contribution in [1.29, 1.82) is 0 Å². The van der Waals surface area contributed by atoms with E-state index in [2.05, 4.69) is 0 Å². The summed E-state index contributed by atoms with van der Waals surface area (Å²) in [5.41, 5.74) is -1.20. The Morgan fingerprint density at radius 1 is 1.25 bits per heavy atom. The number of carboxylic acid groups (broad SMARTS) is 1. The molecular weight excluding hydrogens is 303 g/mol. The number of halogens is 3. The van der Waals surface area contributed by atoms with E-state index in [1.807, 2.05) is 0 Å². The first kappa shape index (κ1) is 16.0. The monoisotopic (exact) mass is 311 g/mol. The lowest BCUT2D eigenvalue weighted by Crippen LogP contribution is -2.30. The van der Waals surface area contributed by atoms with Gasteiger partial charge in [0, 0.05) is 11.9 Å². The summed E-state index contributed by atoms with van der Waals surface area (Å²) in [4.78, 5) is 21.0. The summed E-state index contributed by atoms with van der Waals surface area (Å²) < 4.78 is 58.8. The SMILES string of the molecule is CS(=O)(=O)c1ccc(NC(=O)C(F)(F)F)cc1C(=O)O. The Balaban J connectivity index is 3.26. The lowest BCUT2D eigenvalue weighted by molar-refractivity contribution is -0.167. The highest BCUT2D eigenvalue weighted by Gasteiger charge is 2.38. The first-order valence-electron chi connectivity index (χ1n) is 4.88. The first-order valence-corrected chi connectivity index (χ1v) is 6.77. The molecule has 0 aromatic heterocycles. The Morgan fingerprint density at radius 3 is 2.20 bits per heavy atom. The average molecular weight is 311 g/mol. The summed E-state index contributed by atoms with van der Waals surface area (Å²) in [6, 6.07) is 2.32. The number of nitrogens with one attached hydrogen (secondary N) is 1. The van der Waals surface area contributed by atoms with Gasteiger partial charge >= 0.3 is 18.1 Å². The van der Waals surface area contributed by atoms with Crippen LogP contribution in [0.4, 0.5) is 18.9 Å². The maximum Gasteiger partial charge on any atom is 0.471 e. The predicted octanol–water partition coefficient (Wildman–Crippen LogP) is 1.29. The Kier molecular flexibility index (Phi) is 4.08. The van der Waals surface area contributed by atoms with Crippen molar-refractivity contribution in [2.45, 2.75) is 11.1 Å². The van der Waals surface area contributed by atoms with Crippen LogP contribution in [-0.2, 0) is 14.6 Å². The maximum absolute atomic E-state index is 12.0. The summed E-state index contributed by atoms with van der Waals surface area (Å²) in [6.07, 6.45) is -4.39. The number of hydrogen-bond donors (Lipinski definition) is 2. The van der Waals surface area contributed by atoms with Crippen molar-refractivity contribution in [3.8, 4) is 0 Å². The lowest BCUT2D eigenvalue weighted by atomic mass is 10.2. The average Bonchev–Trinajstić information content (AvgIpc) is 2.25. The Morgan fingerprint density at radius 2 is 1.80 bits per heavy atom. The molecule has 20 heavy (non-hydrogen) atoms. The van der Waals surface area contributed by atoms with Gasteiger partial charge in [0.1, 0.15) is 0 Å². The Labute approximate surface area is 111 Å². The van der Waals surface area contributed by atoms with Crippen LogP contribution in [0, 0.1) is 0 Å². The van der Waals surface area contributed by atoms with Gasteiger partial charge in [0.25, 0.3) is 0 Å². The standard InChI is InChI=1S/C10H8F3NO5S/c1-20(18,19)7-3-2-5(4-6(7)8(15)16)14-9(17)10(11,12)13/h2-4H,1H3,(H,14,17)(H,15,16). The third-order valence-electron chi connectivity index (χ3n) is 2.12. The number of carbonyl (C=O) groups is 2. The van der Waals surface area contributed by atoms with Gasteiger partial charge in [0.2, 0.25) is 0 Å². The molecule has 1 amide bonds. The van der Waals surface area contributed by atoms with Crippen LogP contribution in [0.3, 0.4) is 0 Å². The zero-order valence-corrected chi connectivity index (χ0v) is 10.7. The van der Waals surface area contributed by atoms with Gasteiger partial charge in [0.15, 0.2) is 9.84 Å². The third-order valence-corrected chi connectivity index (χ3v) is 3.28. The van der Waals surface area contributed by atoms with Gasteiger partial charge in [-0.15, -0.1) is 0 Å². The lowest BCUT2D eigenvalue weighted by Gasteiger charge is -2.10. The molecule has 0 bridgehead atoms. The number of alkyl halides is 3. The van der Waals surface area contributed by atoms with Crippen molar-refractivity contribution in [1.82, 2.24) is 0 Å². The van der Waals surface area contributed by atoms with Crippen LogP contribution in [0.25, 0.3) is 0 Å². The minimum atomic E-state index is -5.14. The Bertz CT molecular complexity index is 666. The van der Waals surface area contributed by atoms with E-state index < -0.39 is 44.0 Å². The van der Waals surface area contributed by atoms with Gasteiger partial charge in [-0.25, -0.2) is 13.2 Å². The fourth-order valence-electron chi connectivity index (χ4n) is 1.30. The molecule has 0 atom stereocenters. The molecule has 1 aromatic rings. The van der Waals surface area contributed by atoms with E-state index in [4.69, 9.17) is 5.11 Å². The number of hydrogen-bond acceptors (Lipinski definition) is 4. The minimum absolute atomic E-state index is 0.475. The minimum Gasteiger partial charge on any atom is -0.478 e. The molecule has 6 nitrogen and oxygen atoms in total. The molecule has 0 fully saturated rings. The highest BCUT2D eigenvalue weighted by Crippen LogP contribution is 2.23. The molecule has 0 saturated carbocycles. The van der Waals surface area contributed by atoms with Gasteiger partial charge in [0.05, 0.1) is 10.5 Å². The molecule has 10 heteroatoms. The zero-order valence-electron chi connectivity index (χ0n) is 9.85. The van der Waals surface area contributed by atoms with E-state index in [0.717, 1.165) is 18.4 Å². The summed E-state index contributed by atoms with van der Waals surface area (Å²) in [5.74, 6) is -3.94. The smallest absolute Gasteiger partial charge is 0.471 e. The fraction of sp³-hybridized carbons (Fsp3) is 0.200. The normalized spacial score (nSPS) is 12.0.